The number of imidazole rings is 2. The number of fused-ring (bicyclic) bond motifs is 2. The Kier molecular flexibility index (Phi) is 9.67. The molecule has 8 heteroatoms. The van der Waals surface area contributed by atoms with E-state index in [0.29, 0.717) is 19.7 Å². The Morgan fingerprint density at radius 2 is 1.31 bits per heavy atom. The lowest BCUT2D eigenvalue weighted by atomic mass is 9.89. The van der Waals surface area contributed by atoms with Gasteiger partial charge >= 0.3 is 6.09 Å². The van der Waals surface area contributed by atoms with Crippen molar-refractivity contribution in [1.29, 1.82) is 0 Å². The molecular weight excluding hydrogens is 671 g/mol. The zero-order valence-electron chi connectivity index (χ0n) is 31.5. The fourth-order valence-corrected chi connectivity index (χ4v) is 7.68. The summed E-state index contributed by atoms with van der Waals surface area (Å²) in [7, 11) is 0. The summed E-state index contributed by atoms with van der Waals surface area (Å²) in [5.74, 6) is 2.88. The van der Waals surface area contributed by atoms with Gasteiger partial charge in [-0.2, -0.15) is 0 Å². The Morgan fingerprint density at radius 1 is 0.722 bits per heavy atom. The molecule has 54 heavy (non-hydrogen) atoms. The third kappa shape index (κ3) is 7.33. The Balaban J connectivity index is 1.10. The van der Waals surface area contributed by atoms with Crippen molar-refractivity contribution >= 4 is 28.2 Å². The van der Waals surface area contributed by atoms with E-state index in [1.54, 1.807) is 0 Å². The van der Waals surface area contributed by atoms with Gasteiger partial charge in [0, 0.05) is 30.8 Å². The second-order valence-corrected chi connectivity index (χ2v) is 15.3. The highest BCUT2D eigenvalue weighted by Gasteiger charge is 2.34. The van der Waals surface area contributed by atoms with E-state index >= 15 is 0 Å². The monoisotopic (exact) mass is 717 g/mol. The molecule has 5 aromatic carbocycles. The lowest BCUT2D eigenvalue weighted by Crippen LogP contribution is -2.43. The van der Waals surface area contributed by atoms with E-state index < -0.39 is 5.60 Å². The van der Waals surface area contributed by atoms with Crippen LogP contribution in [0.25, 0.3) is 44.8 Å². The normalized spacial score (nSPS) is 14.4. The first kappa shape index (κ1) is 35.2. The molecule has 7 aromatic rings. The van der Waals surface area contributed by atoms with Crippen LogP contribution in [-0.2, 0) is 11.3 Å². The summed E-state index contributed by atoms with van der Waals surface area (Å²) in [5, 5.41) is 0. The van der Waals surface area contributed by atoms with E-state index in [9.17, 15) is 4.79 Å². The van der Waals surface area contributed by atoms with Crippen LogP contribution in [0.4, 0.5) is 4.79 Å². The summed E-state index contributed by atoms with van der Waals surface area (Å²) in [6.07, 6.45) is 1.40. The van der Waals surface area contributed by atoms with Gasteiger partial charge in [-0.25, -0.2) is 14.8 Å². The molecule has 0 saturated carbocycles. The molecule has 0 radical (unpaired) electrons. The minimum absolute atomic E-state index is 0.0358. The molecular formula is C46H47N5O3. The first-order valence-corrected chi connectivity index (χ1v) is 19.0. The van der Waals surface area contributed by atoms with Crippen molar-refractivity contribution in [3.8, 4) is 28.5 Å². The molecule has 1 fully saturated rings. The summed E-state index contributed by atoms with van der Waals surface area (Å²) >= 11 is 0. The van der Waals surface area contributed by atoms with Crippen LogP contribution in [-0.4, -0.2) is 55.4 Å². The number of nitrogens with zero attached hydrogens (tertiary/aromatic N) is 5. The highest BCUT2D eigenvalue weighted by molar-refractivity contribution is 5.82. The van der Waals surface area contributed by atoms with Crippen molar-refractivity contribution in [3.05, 3.63) is 139 Å². The number of ether oxygens (including phenoxy) is 2. The van der Waals surface area contributed by atoms with Crippen LogP contribution in [0.1, 0.15) is 50.8 Å². The number of carbonyl (C=O) groups is 1. The quantitative estimate of drug-likeness (QED) is 0.149. The van der Waals surface area contributed by atoms with Gasteiger partial charge < -0.3 is 23.5 Å². The second-order valence-electron chi connectivity index (χ2n) is 15.3. The third-order valence-corrected chi connectivity index (χ3v) is 10.5. The van der Waals surface area contributed by atoms with Crippen LogP contribution in [0.2, 0.25) is 0 Å². The first-order valence-electron chi connectivity index (χ1n) is 19.0. The number of para-hydroxylation sites is 4. The molecule has 0 bridgehead atoms. The van der Waals surface area contributed by atoms with Gasteiger partial charge in [-0.3, -0.25) is 0 Å². The number of hydrogen-bond donors (Lipinski definition) is 0. The lowest BCUT2D eigenvalue weighted by molar-refractivity contribution is 0.0151. The third-order valence-electron chi connectivity index (χ3n) is 10.5. The number of amides is 1. The molecule has 1 unspecified atom stereocenters. The van der Waals surface area contributed by atoms with E-state index in [1.165, 1.54) is 11.1 Å². The number of hydrogen-bond acceptors (Lipinski definition) is 5. The molecule has 0 N–H and O–H groups in total. The van der Waals surface area contributed by atoms with Crippen molar-refractivity contribution < 1.29 is 14.3 Å². The minimum atomic E-state index is -0.534. The van der Waals surface area contributed by atoms with Gasteiger partial charge in [0.2, 0.25) is 0 Å². The minimum Gasteiger partial charge on any atom is -0.491 e. The van der Waals surface area contributed by atoms with Crippen molar-refractivity contribution in [1.82, 2.24) is 24.0 Å². The molecule has 8 rings (SSSR count). The van der Waals surface area contributed by atoms with Gasteiger partial charge in [0.15, 0.2) is 0 Å². The van der Waals surface area contributed by atoms with Gasteiger partial charge in [-0.1, -0.05) is 78.9 Å². The van der Waals surface area contributed by atoms with Crippen LogP contribution >= 0.6 is 0 Å². The summed E-state index contributed by atoms with van der Waals surface area (Å²) in [6, 6.07) is 43.9. The smallest absolute Gasteiger partial charge is 0.410 e. The number of aryl methyl sites for hydroxylation is 1. The standard InChI is InChI=1S/C46H47N5O3/c1-32-14-8-9-17-36(32)30-50-40-20-12-10-18-38(40)47-43(50)35-22-24-37(25-23-35)53-31-42(33-26-28-49(29-27-33)45(52)54-46(2,3)4)51-41-21-13-11-19-39(41)48-44(51)34-15-6-5-7-16-34/h5-25,33,42H,26-31H2,1-4H3. The van der Waals surface area contributed by atoms with Gasteiger partial charge in [-0.05, 0) is 106 Å². The summed E-state index contributed by atoms with van der Waals surface area (Å²) in [6.45, 7) is 10.3. The number of rotatable bonds is 9. The fourth-order valence-electron chi connectivity index (χ4n) is 7.68. The zero-order valence-corrected chi connectivity index (χ0v) is 31.5. The highest BCUT2D eigenvalue weighted by Crippen LogP contribution is 2.37. The SMILES string of the molecule is Cc1ccccc1Cn1c(-c2ccc(OCC(C3CCN(C(=O)OC(C)(C)C)CC3)n3c(-c4ccccc4)nc4ccccc43)cc2)nc2ccccc21. The first-order chi connectivity index (χ1) is 26.2. The van der Waals surface area contributed by atoms with Gasteiger partial charge in [0.1, 0.15) is 29.6 Å². The Hall–Kier alpha value is -5.89. The van der Waals surface area contributed by atoms with Crippen LogP contribution in [0.3, 0.4) is 0 Å². The predicted molar refractivity (Wildman–Crippen MR) is 216 cm³/mol. The molecule has 274 valence electrons. The molecule has 1 amide bonds. The Labute approximate surface area is 317 Å². The van der Waals surface area contributed by atoms with Gasteiger partial charge in [0.05, 0.1) is 28.1 Å². The lowest BCUT2D eigenvalue weighted by Gasteiger charge is -2.37. The maximum Gasteiger partial charge on any atom is 0.410 e. The number of carbonyl (C=O) groups excluding carboxylic acids is 1. The number of likely N-dealkylation sites (tertiary alicyclic amines) is 1. The summed E-state index contributed by atoms with van der Waals surface area (Å²) in [5.41, 5.74) is 8.19. The number of benzene rings is 5. The van der Waals surface area contributed by atoms with Crippen LogP contribution < -0.4 is 4.74 Å². The van der Waals surface area contributed by atoms with E-state index in [0.717, 1.165) is 70.0 Å². The highest BCUT2D eigenvalue weighted by atomic mass is 16.6. The zero-order chi connectivity index (χ0) is 37.2. The van der Waals surface area contributed by atoms with Crippen molar-refractivity contribution in [3.63, 3.8) is 0 Å². The fraction of sp³-hybridized carbons (Fsp3) is 0.283. The maximum atomic E-state index is 13.0. The molecule has 3 heterocycles. The van der Waals surface area contributed by atoms with Gasteiger partial charge in [0.25, 0.3) is 0 Å². The second kappa shape index (κ2) is 14.9. The summed E-state index contributed by atoms with van der Waals surface area (Å²) in [4.78, 5) is 25.1. The maximum absolute atomic E-state index is 13.0. The molecule has 1 atom stereocenters. The molecule has 2 aromatic heterocycles. The average Bonchev–Trinajstić information content (AvgIpc) is 3.75. The number of aromatic nitrogens is 4. The van der Waals surface area contributed by atoms with Crippen LogP contribution in [0, 0.1) is 12.8 Å². The Morgan fingerprint density at radius 3 is 2.02 bits per heavy atom. The average molecular weight is 718 g/mol. The van der Waals surface area contributed by atoms with Crippen LogP contribution in [0.15, 0.2) is 127 Å². The largest absolute Gasteiger partial charge is 0.491 e. The van der Waals surface area contributed by atoms with E-state index in [4.69, 9.17) is 19.4 Å². The number of piperidine rings is 1. The molecule has 1 aliphatic heterocycles. The molecule has 0 spiro atoms. The summed E-state index contributed by atoms with van der Waals surface area (Å²) < 4.78 is 17.1. The van der Waals surface area contributed by atoms with Crippen molar-refractivity contribution in [2.45, 2.75) is 58.7 Å². The van der Waals surface area contributed by atoms with Crippen molar-refractivity contribution in [2.24, 2.45) is 5.92 Å². The van der Waals surface area contributed by atoms with E-state index in [-0.39, 0.29) is 18.1 Å². The van der Waals surface area contributed by atoms with Crippen LogP contribution in [0.5, 0.6) is 5.75 Å². The topological polar surface area (TPSA) is 74.4 Å². The van der Waals surface area contributed by atoms with E-state index in [1.807, 2.05) is 43.9 Å². The predicted octanol–water partition coefficient (Wildman–Crippen LogP) is 10.3. The van der Waals surface area contributed by atoms with Crippen molar-refractivity contribution in [2.75, 3.05) is 19.7 Å². The molecule has 1 aliphatic rings. The molecule has 8 nitrogen and oxygen atoms in total. The van der Waals surface area contributed by atoms with Gasteiger partial charge in [-0.15, -0.1) is 0 Å². The molecule has 0 aliphatic carbocycles. The van der Waals surface area contributed by atoms with E-state index in [2.05, 4.69) is 125 Å². The molecule has 1 saturated heterocycles. The Bertz CT molecular complexity index is 2380.